The molecule has 2 nitrogen and oxygen atoms in total. The predicted molar refractivity (Wildman–Crippen MR) is 103 cm³/mol. The predicted octanol–water partition coefficient (Wildman–Crippen LogP) is 4.30. The van der Waals surface area contributed by atoms with Gasteiger partial charge in [0.05, 0.1) is 22.7 Å². The molecule has 1 aliphatic carbocycles. The van der Waals surface area contributed by atoms with Gasteiger partial charge in [0.25, 0.3) is 0 Å². The van der Waals surface area contributed by atoms with Crippen molar-refractivity contribution in [2.75, 3.05) is 27.4 Å². The van der Waals surface area contributed by atoms with E-state index in [-0.39, 0.29) is 5.41 Å². The minimum absolute atomic E-state index is 0.203. The summed E-state index contributed by atoms with van der Waals surface area (Å²) < 4.78 is 11.4. The van der Waals surface area contributed by atoms with Crippen LogP contribution >= 0.6 is 0 Å². The Morgan fingerprint density at radius 3 is 2.33 bits per heavy atom. The minimum Gasteiger partial charge on any atom is -0.384 e. The smallest absolute Gasteiger partial charge is 0.0811 e. The van der Waals surface area contributed by atoms with E-state index in [1.165, 1.54) is 60.9 Å². The zero-order chi connectivity index (χ0) is 17.4. The van der Waals surface area contributed by atoms with Gasteiger partial charge < -0.3 is 9.47 Å². The van der Waals surface area contributed by atoms with Crippen LogP contribution < -0.4 is 5.19 Å². The lowest BCUT2D eigenvalue weighted by Gasteiger charge is -2.42. The molecule has 0 aliphatic heterocycles. The monoisotopic (exact) mass is 346 g/mol. The van der Waals surface area contributed by atoms with Crippen molar-refractivity contribution in [2.45, 2.75) is 58.4 Å². The molecule has 1 saturated carbocycles. The third-order valence-electron chi connectivity index (χ3n) is 5.88. The SMILES string of the molecule is COCC(CC[Si]c1cccc(C)c1C)(COC)C1CCCCC1. The van der Waals surface area contributed by atoms with Crippen LogP contribution in [0, 0.1) is 25.2 Å². The molecule has 24 heavy (non-hydrogen) atoms. The zero-order valence-electron chi connectivity index (χ0n) is 16.0. The fourth-order valence-corrected chi connectivity index (χ4v) is 5.87. The highest BCUT2D eigenvalue weighted by Crippen LogP contribution is 2.42. The Morgan fingerprint density at radius 1 is 1.04 bits per heavy atom. The van der Waals surface area contributed by atoms with E-state index >= 15 is 0 Å². The molecule has 1 aromatic rings. The summed E-state index contributed by atoms with van der Waals surface area (Å²) >= 11 is 0. The lowest BCUT2D eigenvalue weighted by Crippen LogP contribution is -2.41. The summed E-state index contributed by atoms with van der Waals surface area (Å²) in [4.78, 5) is 0. The summed E-state index contributed by atoms with van der Waals surface area (Å²) in [5, 5.41) is 1.53. The number of ether oxygens (including phenoxy) is 2. The van der Waals surface area contributed by atoms with Gasteiger partial charge in [-0.25, -0.2) is 0 Å². The molecule has 0 spiro atoms. The van der Waals surface area contributed by atoms with Crippen LogP contribution in [0.3, 0.4) is 0 Å². The largest absolute Gasteiger partial charge is 0.384 e. The summed E-state index contributed by atoms with van der Waals surface area (Å²) in [6.07, 6.45) is 8.05. The van der Waals surface area contributed by atoms with E-state index in [0.29, 0.717) is 0 Å². The first-order chi connectivity index (χ1) is 11.6. The fraction of sp³-hybridized carbons (Fsp3) is 0.714. The molecule has 0 amide bonds. The Kier molecular flexibility index (Phi) is 7.99. The van der Waals surface area contributed by atoms with Crippen LogP contribution in [-0.4, -0.2) is 37.0 Å². The van der Waals surface area contributed by atoms with Crippen molar-refractivity contribution in [3.05, 3.63) is 29.3 Å². The van der Waals surface area contributed by atoms with Gasteiger partial charge in [-0.05, 0) is 50.2 Å². The molecule has 1 aliphatic rings. The summed E-state index contributed by atoms with van der Waals surface area (Å²) in [7, 11) is 4.58. The lowest BCUT2D eigenvalue weighted by molar-refractivity contribution is -0.0432. The van der Waals surface area contributed by atoms with Gasteiger partial charge in [0, 0.05) is 19.6 Å². The summed E-state index contributed by atoms with van der Waals surface area (Å²) in [6, 6.07) is 7.96. The van der Waals surface area contributed by atoms with E-state index in [9.17, 15) is 0 Å². The van der Waals surface area contributed by atoms with Crippen molar-refractivity contribution in [2.24, 2.45) is 11.3 Å². The quantitative estimate of drug-likeness (QED) is 0.621. The number of hydrogen-bond donors (Lipinski definition) is 0. The number of methoxy groups -OCH3 is 2. The van der Waals surface area contributed by atoms with Gasteiger partial charge in [0.2, 0.25) is 0 Å². The molecule has 0 unspecified atom stereocenters. The van der Waals surface area contributed by atoms with Gasteiger partial charge in [-0.1, -0.05) is 48.7 Å². The first-order valence-electron chi connectivity index (χ1n) is 9.41. The third kappa shape index (κ3) is 4.93. The van der Waals surface area contributed by atoms with Gasteiger partial charge in [-0.3, -0.25) is 0 Å². The van der Waals surface area contributed by atoms with Crippen LogP contribution in [0.1, 0.15) is 49.7 Å². The number of benzene rings is 1. The van der Waals surface area contributed by atoms with E-state index in [2.05, 4.69) is 32.0 Å². The van der Waals surface area contributed by atoms with Crippen molar-refractivity contribution in [3.8, 4) is 0 Å². The molecule has 0 atom stereocenters. The number of hydrogen-bond acceptors (Lipinski definition) is 2. The van der Waals surface area contributed by atoms with Crippen molar-refractivity contribution in [1.29, 1.82) is 0 Å². The van der Waals surface area contributed by atoms with Gasteiger partial charge in [0.15, 0.2) is 0 Å². The summed E-state index contributed by atoms with van der Waals surface area (Å²) in [5.41, 5.74) is 3.08. The highest BCUT2D eigenvalue weighted by atomic mass is 28.2. The van der Waals surface area contributed by atoms with Gasteiger partial charge in [-0.15, -0.1) is 0 Å². The highest BCUT2D eigenvalue weighted by Gasteiger charge is 2.39. The maximum Gasteiger partial charge on any atom is 0.0811 e. The average Bonchev–Trinajstić information content (AvgIpc) is 2.60. The van der Waals surface area contributed by atoms with E-state index < -0.39 is 0 Å². The summed E-state index contributed by atoms with van der Waals surface area (Å²) in [5.74, 6) is 0.759. The third-order valence-corrected chi connectivity index (χ3v) is 7.30. The van der Waals surface area contributed by atoms with Crippen molar-refractivity contribution in [1.82, 2.24) is 0 Å². The van der Waals surface area contributed by atoms with E-state index in [1.54, 1.807) is 0 Å². The first kappa shape index (κ1) is 19.7. The van der Waals surface area contributed by atoms with Crippen molar-refractivity contribution < 1.29 is 9.47 Å². The minimum atomic E-state index is 0.203. The molecule has 3 heteroatoms. The first-order valence-corrected chi connectivity index (χ1v) is 10.6. The Bertz CT molecular complexity index is 489. The maximum absolute atomic E-state index is 5.68. The Morgan fingerprint density at radius 2 is 1.71 bits per heavy atom. The van der Waals surface area contributed by atoms with Crippen LogP contribution in [0.25, 0.3) is 0 Å². The molecule has 0 saturated heterocycles. The second-order valence-electron chi connectivity index (χ2n) is 7.49. The van der Waals surface area contributed by atoms with E-state index in [4.69, 9.17) is 9.47 Å². The molecular weight excluding hydrogens is 312 g/mol. The molecule has 0 heterocycles. The van der Waals surface area contributed by atoms with Gasteiger partial charge >= 0.3 is 0 Å². The molecular formula is C21H34O2Si. The molecule has 1 aromatic carbocycles. The lowest BCUT2D eigenvalue weighted by atomic mass is 9.68. The molecule has 0 bridgehead atoms. The number of aryl methyl sites for hydroxylation is 1. The van der Waals surface area contributed by atoms with Crippen LogP contribution in [0.15, 0.2) is 18.2 Å². The van der Waals surface area contributed by atoms with E-state index in [0.717, 1.165) is 28.7 Å². The van der Waals surface area contributed by atoms with Crippen LogP contribution in [-0.2, 0) is 9.47 Å². The topological polar surface area (TPSA) is 18.5 Å². The zero-order valence-corrected chi connectivity index (χ0v) is 17.0. The molecule has 2 radical (unpaired) electrons. The molecule has 0 aromatic heterocycles. The Balaban J connectivity index is 2.05. The Labute approximate surface area is 151 Å². The molecule has 1 fully saturated rings. The van der Waals surface area contributed by atoms with Crippen LogP contribution in [0.2, 0.25) is 6.04 Å². The molecule has 2 rings (SSSR count). The van der Waals surface area contributed by atoms with Crippen molar-refractivity contribution in [3.63, 3.8) is 0 Å². The van der Waals surface area contributed by atoms with Crippen molar-refractivity contribution >= 4 is 14.7 Å². The number of rotatable bonds is 9. The summed E-state index contributed by atoms with van der Waals surface area (Å²) in [6.45, 7) is 6.15. The second-order valence-corrected chi connectivity index (χ2v) is 8.88. The highest BCUT2D eigenvalue weighted by molar-refractivity contribution is 6.54. The second kappa shape index (κ2) is 9.74. The average molecular weight is 347 g/mol. The normalized spacial score (nSPS) is 16.5. The molecule has 134 valence electrons. The Hall–Kier alpha value is -0.643. The fourth-order valence-electron chi connectivity index (χ4n) is 4.30. The van der Waals surface area contributed by atoms with Gasteiger partial charge in [-0.2, -0.15) is 0 Å². The maximum atomic E-state index is 5.68. The standard InChI is InChI=1S/C21H34O2Si/c1-17-9-8-12-20(18(17)2)24-14-13-21(15-22-3,16-23-4)19-10-6-5-7-11-19/h8-9,12,19H,5-7,10-11,13-16H2,1-4H3. The van der Waals surface area contributed by atoms with E-state index in [1.807, 2.05) is 14.2 Å². The van der Waals surface area contributed by atoms with Crippen LogP contribution in [0.4, 0.5) is 0 Å². The molecule has 0 N–H and O–H groups in total. The van der Waals surface area contributed by atoms with Gasteiger partial charge in [0.1, 0.15) is 0 Å². The van der Waals surface area contributed by atoms with Crippen LogP contribution in [0.5, 0.6) is 0 Å².